The van der Waals surface area contributed by atoms with Crippen LogP contribution in [0.3, 0.4) is 0 Å². The summed E-state index contributed by atoms with van der Waals surface area (Å²) in [5, 5.41) is 4.16. The fourth-order valence-electron chi connectivity index (χ4n) is 1.43. The molecule has 0 aliphatic heterocycles. The molecule has 1 N–H and O–H groups in total. The van der Waals surface area contributed by atoms with Crippen molar-refractivity contribution in [1.82, 2.24) is 9.97 Å². The van der Waals surface area contributed by atoms with Gasteiger partial charge in [-0.3, -0.25) is 0 Å². The first kappa shape index (κ1) is 12.0. The first-order valence-electron chi connectivity index (χ1n) is 5.52. The van der Waals surface area contributed by atoms with Crippen LogP contribution in [0, 0.1) is 6.92 Å². The predicted molar refractivity (Wildman–Crippen MR) is 69.2 cm³/mol. The van der Waals surface area contributed by atoms with Gasteiger partial charge in [0.1, 0.15) is 22.4 Å². The SMILES string of the molecule is CCNc1cc(SCc2ccco2)nc(C)n1. The van der Waals surface area contributed by atoms with Crippen LogP contribution in [0.2, 0.25) is 0 Å². The van der Waals surface area contributed by atoms with Gasteiger partial charge in [0.2, 0.25) is 0 Å². The van der Waals surface area contributed by atoms with Gasteiger partial charge in [-0.1, -0.05) is 11.8 Å². The summed E-state index contributed by atoms with van der Waals surface area (Å²) < 4.78 is 5.28. The summed E-state index contributed by atoms with van der Waals surface area (Å²) in [4.78, 5) is 8.70. The van der Waals surface area contributed by atoms with Crippen LogP contribution in [-0.2, 0) is 5.75 Å². The quantitative estimate of drug-likeness (QED) is 0.652. The smallest absolute Gasteiger partial charge is 0.130 e. The number of rotatable bonds is 5. The maximum absolute atomic E-state index is 5.28. The Bertz CT molecular complexity index is 471. The lowest BCUT2D eigenvalue weighted by atomic mass is 10.5. The summed E-state index contributed by atoms with van der Waals surface area (Å²) in [6.45, 7) is 4.81. The fraction of sp³-hybridized carbons (Fsp3) is 0.333. The molecule has 0 amide bonds. The Morgan fingerprint density at radius 2 is 2.29 bits per heavy atom. The number of hydrogen-bond acceptors (Lipinski definition) is 5. The number of furan rings is 1. The highest BCUT2D eigenvalue weighted by Gasteiger charge is 2.03. The van der Waals surface area contributed by atoms with Gasteiger partial charge in [0.25, 0.3) is 0 Å². The van der Waals surface area contributed by atoms with Crippen LogP contribution >= 0.6 is 11.8 Å². The van der Waals surface area contributed by atoms with Gasteiger partial charge in [0.05, 0.1) is 12.0 Å². The molecule has 0 aromatic carbocycles. The summed E-state index contributed by atoms with van der Waals surface area (Å²) in [6.07, 6.45) is 1.69. The molecule has 0 unspecified atom stereocenters. The first-order chi connectivity index (χ1) is 8.28. The summed E-state index contributed by atoms with van der Waals surface area (Å²) in [5.41, 5.74) is 0. The van der Waals surface area contributed by atoms with E-state index in [1.165, 1.54) is 0 Å². The van der Waals surface area contributed by atoms with Crippen molar-refractivity contribution in [2.45, 2.75) is 24.6 Å². The standard InChI is InChI=1S/C12H15N3OS/c1-3-13-11-7-12(15-9(2)14-11)17-8-10-5-4-6-16-10/h4-7H,3,8H2,1-2H3,(H,13,14,15). The molecule has 0 spiro atoms. The number of aromatic nitrogens is 2. The van der Waals surface area contributed by atoms with Gasteiger partial charge in [-0.15, -0.1) is 0 Å². The molecule has 0 fully saturated rings. The third-order valence-corrected chi connectivity index (χ3v) is 3.05. The molecule has 2 heterocycles. The van der Waals surface area contributed by atoms with Crippen molar-refractivity contribution in [1.29, 1.82) is 0 Å². The molecule has 0 aliphatic rings. The number of anilines is 1. The highest BCUT2D eigenvalue weighted by Crippen LogP contribution is 2.22. The van der Waals surface area contributed by atoms with Crippen molar-refractivity contribution in [3.8, 4) is 0 Å². The minimum Gasteiger partial charge on any atom is -0.468 e. The van der Waals surface area contributed by atoms with Crippen molar-refractivity contribution < 1.29 is 4.42 Å². The second-order valence-corrected chi connectivity index (χ2v) is 4.53. The minimum absolute atomic E-state index is 0.783. The maximum atomic E-state index is 5.28. The van der Waals surface area contributed by atoms with Crippen molar-refractivity contribution in [2.75, 3.05) is 11.9 Å². The molecule has 0 atom stereocenters. The molecule has 0 saturated heterocycles. The zero-order valence-corrected chi connectivity index (χ0v) is 10.8. The van der Waals surface area contributed by atoms with Gasteiger partial charge < -0.3 is 9.73 Å². The van der Waals surface area contributed by atoms with E-state index in [0.717, 1.165) is 34.7 Å². The zero-order chi connectivity index (χ0) is 12.1. The lowest BCUT2D eigenvalue weighted by Gasteiger charge is -2.05. The van der Waals surface area contributed by atoms with Crippen LogP contribution in [0.25, 0.3) is 0 Å². The molecule has 0 aliphatic carbocycles. The first-order valence-corrected chi connectivity index (χ1v) is 6.51. The molecule has 0 bridgehead atoms. The van der Waals surface area contributed by atoms with Crippen molar-refractivity contribution in [3.05, 3.63) is 36.0 Å². The van der Waals surface area contributed by atoms with Crippen LogP contribution in [0.1, 0.15) is 18.5 Å². The van der Waals surface area contributed by atoms with Crippen LogP contribution in [-0.4, -0.2) is 16.5 Å². The van der Waals surface area contributed by atoms with Crippen molar-refractivity contribution in [2.24, 2.45) is 0 Å². The highest BCUT2D eigenvalue weighted by molar-refractivity contribution is 7.98. The van der Waals surface area contributed by atoms with E-state index in [9.17, 15) is 0 Å². The van der Waals surface area contributed by atoms with Crippen molar-refractivity contribution >= 4 is 17.6 Å². The summed E-state index contributed by atoms with van der Waals surface area (Å²) >= 11 is 1.65. The Morgan fingerprint density at radius 3 is 3.00 bits per heavy atom. The maximum Gasteiger partial charge on any atom is 0.130 e. The Kier molecular flexibility index (Phi) is 4.03. The summed E-state index contributed by atoms with van der Waals surface area (Å²) in [6, 6.07) is 5.82. The van der Waals surface area contributed by atoms with Gasteiger partial charge in [0.15, 0.2) is 0 Å². The number of aryl methyl sites for hydroxylation is 1. The number of hydrogen-bond donors (Lipinski definition) is 1. The minimum atomic E-state index is 0.783. The van der Waals surface area contributed by atoms with Crippen LogP contribution in [0.5, 0.6) is 0 Å². The molecule has 4 nitrogen and oxygen atoms in total. The summed E-state index contributed by atoms with van der Waals surface area (Å²) in [5.74, 6) is 3.40. The topological polar surface area (TPSA) is 51.0 Å². The molecular weight excluding hydrogens is 234 g/mol. The van der Waals surface area contributed by atoms with Crippen LogP contribution < -0.4 is 5.32 Å². The van der Waals surface area contributed by atoms with Gasteiger partial charge in [-0.2, -0.15) is 0 Å². The Balaban J connectivity index is 2.04. The fourth-order valence-corrected chi connectivity index (χ4v) is 2.27. The molecule has 17 heavy (non-hydrogen) atoms. The van der Waals surface area contributed by atoms with Gasteiger partial charge in [-0.25, -0.2) is 9.97 Å². The average molecular weight is 249 g/mol. The molecule has 0 saturated carbocycles. The Labute approximate surface area is 105 Å². The molecule has 2 aromatic rings. The lowest BCUT2D eigenvalue weighted by molar-refractivity contribution is 0.530. The third kappa shape index (κ3) is 3.49. The second kappa shape index (κ2) is 5.72. The average Bonchev–Trinajstić information content (AvgIpc) is 2.79. The van der Waals surface area contributed by atoms with E-state index in [0.29, 0.717) is 0 Å². The zero-order valence-electron chi connectivity index (χ0n) is 9.93. The van der Waals surface area contributed by atoms with Crippen LogP contribution in [0.15, 0.2) is 33.9 Å². The molecule has 0 radical (unpaired) electrons. The molecule has 5 heteroatoms. The third-order valence-electron chi connectivity index (χ3n) is 2.11. The van der Waals surface area contributed by atoms with E-state index in [2.05, 4.69) is 15.3 Å². The van der Waals surface area contributed by atoms with E-state index in [1.807, 2.05) is 32.0 Å². The van der Waals surface area contributed by atoms with Gasteiger partial charge in [-0.05, 0) is 26.0 Å². The van der Waals surface area contributed by atoms with Crippen molar-refractivity contribution in [3.63, 3.8) is 0 Å². The molecule has 90 valence electrons. The lowest BCUT2D eigenvalue weighted by Crippen LogP contribution is -2.02. The largest absolute Gasteiger partial charge is 0.468 e. The Morgan fingerprint density at radius 1 is 1.41 bits per heavy atom. The normalized spacial score (nSPS) is 10.5. The predicted octanol–water partition coefficient (Wildman–Crippen LogP) is 3.10. The Hall–Kier alpha value is -1.49. The van der Waals surface area contributed by atoms with E-state index in [4.69, 9.17) is 4.42 Å². The van der Waals surface area contributed by atoms with E-state index < -0.39 is 0 Å². The second-order valence-electron chi connectivity index (χ2n) is 3.54. The molecule has 2 aromatic heterocycles. The number of nitrogens with zero attached hydrogens (tertiary/aromatic N) is 2. The van der Waals surface area contributed by atoms with Gasteiger partial charge in [0, 0.05) is 12.6 Å². The van der Waals surface area contributed by atoms with Gasteiger partial charge >= 0.3 is 0 Å². The number of thioether (sulfide) groups is 1. The van der Waals surface area contributed by atoms with Crippen LogP contribution in [0.4, 0.5) is 5.82 Å². The van der Waals surface area contributed by atoms with E-state index in [1.54, 1.807) is 18.0 Å². The monoisotopic (exact) mass is 249 g/mol. The van der Waals surface area contributed by atoms with E-state index in [-0.39, 0.29) is 0 Å². The molecule has 2 rings (SSSR count). The van der Waals surface area contributed by atoms with E-state index >= 15 is 0 Å². The molecular formula is C12H15N3OS. The summed E-state index contributed by atoms with van der Waals surface area (Å²) in [7, 11) is 0. The number of nitrogens with one attached hydrogen (secondary N) is 1. The highest BCUT2D eigenvalue weighted by atomic mass is 32.2.